The van der Waals surface area contributed by atoms with E-state index in [0.717, 1.165) is 6.42 Å². The number of aliphatic carboxylic acids is 1. The summed E-state index contributed by atoms with van der Waals surface area (Å²) in [5.41, 5.74) is -2.59. The van der Waals surface area contributed by atoms with E-state index in [9.17, 15) is 23.8 Å². The fraction of sp³-hybridized carbons (Fsp3) is 0.909. The highest BCUT2D eigenvalue weighted by atomic mass is 19.3. The molecule has 2 fully saturated rings. The molecule has 2 rings (SSSR count). The minimum atomic E-state index is -2.74. The first-order chi connectivity index (χ1) is 7.31. The fourth-order valence-corrected chi connectivity index (χ4v) is 2.92. The Hall–Kier alpha value is -0.710. The average Bonchev–Trinajstić information content (AvgIpc) is 2.08. The summed E-state index contributed by atoms with van der Waals surface area (Å²) in [6.45, 7) is 0. The summed E-state index contributed by atoms with van der Waals surface area (Å²) in [5.74, 6) is -3.78. The van der Waals surface area contributed by atoms with Crippen LogP contribution < -0.4 is 0 Å². The predicted octanol–water partition coefficient (Wildman–Crippen LogP) is 2.18. The second kappa shape index (κ2) is 3.39. The monoisotopic (exact) mass is 234 g/mol. The van der Waals surface area contributed by atoms with Gasteiger partial charge in [-0.05, 0) is 25.7 Å². The van der Waals surface area contributed by atoms with Crippen LogP contribution >= 0.6 is 0 Å². The van der Waals surface area contributed by atoms with E-state index in [1.165, 1.54) is 0 Å². The van der Waals surface area contributed by atoms with E-state index >= 15 is 0 Å². The van der Waals surface area contributed by atoms with Crippen LogP contribution in [-0.2, 0) is 4.79 Å². The van der Waals surface area contributed by atoms with Gasteiger partial charge < -0.3 is 10.2 Å². The lowest BCUT2D eigenvalue weighted by Gasteiger charge is -2.52. The van der Waals surface area contributed by atoms with Gasteiger partial charge in [0.25, 0.3) is 0 Å². The SMILES string of the molecule is O=C(O)C1(C2(O)CCC(F)(F)CC2)CCC1. The van der Waals surface area contributed by atoms with Crippen LogP contribution in [0.3, 0.4) is 0 Å². The summed E-state index contributed by atoms with van der Waals surface area (Å²) in [6, 6.07) is 0. The van der Waals surface area contributed by atoms with Gasteiger partial charge in [-0.1, -0.05) is 6.42 Å². The van der Waals surface area contributed by atoms with E-state index in [0.29, 0.717) is 12.8 Å². The van der Waals surface area contributed by atoms with Crippen molar-refractivity contribution in [1.29, 1.82) is 0 Å². The first-order valence-corrected chi connectivity index (χ1v) is 5.65. The molecule has 0 bridgehead atoms. The van der Waals surface area contributed by atoms with Crippen LogP contribution in [0.1, 0.15) is 44.9 Å². The molecule has 0 aromatic carbocycles. The highest BCUT2D eigenvalue weighted by Gasteiger charge is 2.61. The Morgan fingerprint density at radius 3 is 1.81 bits per heavy atom. The second-order valence-electron chi connectivity index (χ2n) is 5.13. The number of hydrogen-bond acceptors (Lipinski definition) is 2. The zero-order chi connectivity index (χ0) is 12.0. The maximum absolute atomic E-state index is 13.0. The van der Waals surface area contributed by atoms with Gasteiger partial charge in [0, 0.05) is 12.8 Å². The van der Waals surface area contributed by atoms with Crippen molar-refractivity contribution >= 4 is 5.97 Å². The minimum Gasteiger partial charge on any atom is -0.481 e. The molecule has 2 saturated carbocycles. The van der Waals surface area contributed by atoms with Gasteiger partial charge in [-0.25, -0.2) is 8.78 Å². The molecule has 0 amide bonds. The highest BCUT2D eigenvalue weighted by Crippen LogP contribution is 2.56. The molecule has 0 heterocycles. The lowest BCUT2D eigenvalue weighted by molar-refractivity contribution is -0.205. The van der Waals surface area contributed by atoms with Crippen molar-refractivity contribution in [1.82, 2.24) is 0 Å². The third kappa shape index (κ3) is 1.52. The average molecular weight is 234 g/mol. The first-order valence-electron chi connectivity index (χ1n) is 5.65. The first kappa shape index (κ1) is 11.8. The van der Waals surface area contributed by atoms with Gasteiger partial charge in [0.15, 0.2) is 0 Å². The third-order valence-electron chi connectivity index (χ3n) is 4.32. The Morgan fingerprint density at radius 2 is 1.50 bits per heavy atom. The Morgan fingerprint density at radius 1 is 1.00 bits per heavy atom. The predicted molar refractivity (Wildman–Crippen MR) is 52.3 cm³/mol. The smallest absolute Gasteiger partial charge is 0.312 e. The molecule has 0 aromatic rings. The molecule has 0 aliphatic heterocycles. The molecule has 92 valence electrons. The fourth-order valence-electron chi connectivity index (χ4n) is 2.92. The number of aliphatic hydroxyl groups is 1. The van der Waals surface area contributed by atoms with E-state index in [4.69, 9.17) is 0 Å². The lowest BCUT2D eigenvalue weighted by atomic mass is 9.54. The molecule has 0 atom stereocenters. The number of carboxylic acid groups (broad SMARTS) is 1. The van der Waals surface area contributed by atoms with Crippen molar-refractivity contribution in [2.75, 3.05) is 0 Å². The van der Waals surface area contributed by atoms with Crippen LogP contribution in [0.5, 0.6) is 0 Å². The van der Waals surface area contributed by atoms with Crippen molar-refractivity contribution in [3.63, 3.8) is 0 Å². The molecular formula is C11H16F2O3. The molecule has 5 heteroatoms. The molecule has 2 aliphatic rings. The molecule has 0 radical (unpaired) electrons. The second-order valence-corrected chi connectivity index (χ2v) is 5.13. The van der Waals surface area contributed by atoms with Crippen molar-refractivity contribution in [3.8, 4) is 0 Å². The number of rotatable bonds is 2. The van der Waals surface area contributed by atoms with Crippen molar-refractivity contribution in [2.45, 2.75) is 56.5 Å². The Kier molecular flexibility index (Phi) is 2.49. The number of halogens is 2. The number of carbonyl (C=O) groups is 1. The Balaban J connectivity index is 2.17. The zero-order valence-electron chi connectivity index (χ0n) is 9.01. The number of carboxylic acids is 1. The van der Waals surface area contributed by atoms with Crippen LogP contribution in [0.4, 0.5) is 8.78 Å². The minimum absolute atomic E-state index is 0.105. The Bertz CT molecular complexity index is 300. The number of hydrogen-bond donors (Lipinski definition) is 2. The quantitative estimate of drug-likeness (QED) is 0.770. The van der Waals surface area contributed by atoms with Crippen molar-refractivity contribution < 1.29 is 23.8 Å². The zero-order valence-corrected chi connectivity index (χ0v) is 9.01. The molecule has 0 aromatic heterocycles. The summed E-state index contributed by atoms with van der Waals surface area (Å²) in [6.07, 6.45) is 0.551. The summed E-state index contributed by atoms with van der Waals surface area (Å²) in [7, 11) is 0. The highest BCUT2D eigenvalue weighted by molar-refractivity contribution is 5.77. The van der Waals surface area contributed by atoms with Gasteiger partial charge in [0.05, 0.1) is 11.0 Å². The van der Waals surface area contributed by atoms with E-state index in [2.05, 4.69) is 0 Å². The maximum atomic E-state index is 13.0. The van der Waals surface area contributed by atoms with E-state index in [1.54, 1.807) is 0 Å². The van der Waals surface area contributed by atoms with Crippen molar-refractivity contribution in [3.05, 3.63) is 0 Å². The number of alkyl halides is 2. The van der Waals surface area contributed by atoms with E-state index in [1.807, 2.05) is 0 Å². The van der Waals surface area contributed by atoms with Crippen LogP contribution in [0.25, 0.3) is 0 Å². The van der Waals surface area contributed by atoms with Crippen LogP contribution in [-0.4, -0.2) is 27.7 Å². The molecule has 3 nitrogen and oxygen atoms in total. The molecule has 16 heavy (non-hydrogen) atoms. The summed E-state index contributed by atoms with van der Waals surface area (Å²) >= 11 is 0. The molecule has 0 saturated heterocycles. The summed E-state index contributed by atoms with van der Waals surface area (Å²) in [5, 5.41) is 19.5. The van der Waals surface area contributed by atoms with Crippen LogP contribution in [0.2, 0.25) is 0 Å². The lowest BCUT2D eigenvalue weighted by Crippen LogP contribution is -2.59. The molecule has 2 aliphatic carbocycles. The maximum Gasteiger partial charge on any atom is 0.312 e. The van der Waals surface area contributed by atoms with Gasteiger partial charge in [-0.3, -0.25) is 4.79 Å². The molecule has 2 N–H and O–H groups in total. The molecule has 0 unspecified atom stereocenters. The van der Waals surface area contributed by atoms with Gasteiger partial charge in [-0.15, -0.1) is 0 Å². The molecule has 0 spiro atoms. The van der Waals surface area contributed by atoms with Gasteiger partial charge in [-0.2, -0.15) is 0 Å². The normalized spacial score (nSPS) is 30.4. The molecular weight excluding hydrogens is 218 g/mol. The van der Waals surface area contributed by atoms with E-state index in [-0.39, 0.29) is 12.8 Å². The van der Waals surface area contributed by atoms with Gasteiger partial charge >= 0.3 is 5.97 Å². The van der Waals surface area contributed by atoms with Crippen LogP contribution in [0, 0.1) is 5.41 Å². The Labute approximate surface area is 92.5 Å². The topological polar surface area (TPSA) is 57.5 Å². The third-order valence-corrected chi connectivity index (χ3v) is 4.32. The standard InChI is InChI=1S/C11H16F2O3/c12-11(13)6-4-10(16,5-7-11)9(8(14)15)2-1-3-9/h16H,1-7H2,(H,14,15). The van der Waals surface area contributed by atoms with Crippen molar-refractivity contribution in [2.24, 2.45) is 5.41 Å². The van der Waals surface area contributed by atoms with Gasteiger partial charge in [0.1, 0.15) is 0 Å². The van der Waals surface area contributed by atoms with Gasteiger partial charge in [0.2, 0.25) is 5.92 Å². The van der Waals surface area contributed by atoms with Crippen LogP contribution in [0.15, 0.2) is 0 Å². The summed E-state index contributed by atoms with van der Waals surface area (Å²) in [4.78, 5) is 11.2. The largest absolute Gasteiger partial charge is 0.481 e. The summed E-state index contributed by atoms with van der Waals surface area (Å²) < 4.78 is 26.0. The van der Waals surface area contributed by atoms with E-state index < -0.39 is 35.7 Å².